The van der Waals surface area contributed by atoms with E-state index in [2.05, 4.69) is 30.7 Å². The van der Waals surface area contributed by atoms with Crippen molar-refractivity contribution in [1.82, 2.24) is 14.5 Å². The molecule has 4 atom stereocenters. The highest BCUT2D eigenvalue weighted by atomic mass is 16.6. The second-order valence-corrected chi connectivity index (χ2v) is 7.03. The van der Waals surface area contributed by atoms with E-state index in [4.69, 9.17) is 10.5 Å². The summed E-state index contributed by atoms with van der Waals surface area (Å²) in [6.45, 7) is 6.21. The maximum atomic E-state index is 10.4. The number of aliphatic hydroxyl groups excluding tert-OH is 2. The summed E-state index contributed by atoms with van der Waals surface area (Å²) >= 11 is 0. The normalized spacial score (nSPS) is 29.3. The summed E-state index contributed by atoms with van der Waals surface area (Å²) in [7, 11) is 0. The minimum absolute atomic E-state index is 0.00832. The van der Waals surface area contributed by atoms with Crippen LogP contribution in [-0.4, -0.2) is 43.1 Å². The first-order chi connectivity index (χ1) is 10.3. The number of anilines is 1. The van der Waals surface area contributed by atoms with Gasteiger partial charge >= 0.3 is 0 Å². The van der Waals surface area contributed by atoms with E-state index in [0.29, 0.717) is 23.3 Å². The molecule has 1 fully saturated rings. The third kappa shape index (κ3) is 2.55. The van der Waals surface area contributed by atoms with E-state index >= 15 is 0 Å². The molecule has 0 amide bonds. The first kappa shape index (κ1) is 15.2. The van der Waals surface area contributed by atoms with E-state index < -0.39 is 24.5 Å². The van der Waals surface area contributed by atoms with Gasteiger partial charge in [0.2, 0.25) is 0 Å². The minimum atomic E-state index is -1.01. The smallest absolute Gasteiger partial charge is 0.164 e. The number of aliphatic hydroxyl groups is 2. The van der Waals surface area contributed by atoms with Gasteiger partial charge in [0.25, 0.3) is 0 Å². The van der Waals surface area contributed by atoms with Gasteiger partial charge in [-0.1, -0.05) is 20.8 Å². The summed E-state index contributed by atoms with van der Waals surface area (Å²) < 4.78 is 7.61. The Labute approximate surface area is 128 Å². The van der Waals surface area contributed by atoms with Crippen LogP contribution in [0.15, 0.2) is 18.6 Å². The van der Waals surface area contributed by atoms with Crippen molar-refractivity contribution in [2.75, 3.05) is 5.73 Å². The molecule has 3 rings (SSSR count). The predicted molar refractivity (Wildman–Crippen MR) is 81.9 cm³/mol. The maximum Gasteiger partial charge on any atom is 0.164 e. The summed E-state index contributed by atoms with van der Waals surface area (Å²) in [6.07, 6.45) is 0.720. The average Bonchev–Trinajstić information content (AvgIpc) is 2.95. The van der Waals surface area contributed by atoms with Crippen LogP contribution in [0.4, 0.5) is 5.82 Å². The zero-order valence-corrected chi connectivity index (χ0v) is 13.0. The van der Waals surface area contributed by atoms with Crippen LogP contribution >= 0.6 is 0 Å². The number of nitrogens with two attached hydrogens (primary N) is 1. The van der Waals surface area contributed by atoms with E-state index in [-0.39, 0.29) is 5.41 Å². The number of fused-ring (bicyclic) bond motifs is 1. The molecule has 0 saturated carbocycles. The molecule has 120 valence electrons. The van der Waals surface area contributed by atoms with E-state index in [1.807, 2.05) is 0 Å². The van der Waals surface area contributed by atoms with Crippen LogP contribution in [-0.2, 0) is 4.74 Å². The lowest BCUT2D eigenvalue weighted by molar-refractivity contribution is -0.0454. The molecule has 22 heavy (non-hydrogen) atoms. The summed E-state index contributed by atoms with van der Waals surface area (Å²) in [5.41, 5.74) is 6.40. The molecule has 4 N–H and O–H groups in total. The van der Waals surface area contributed by atoms with Gasteiger partial charge in [-0.25, -0.2) is 9.97 Å². The first-order valence-corrected chi connectivity index (χ1v) is 7.36. The van der Waals surface area contributed by atoms with Gasteiger partial charge in [-0.15, -0.1) is 0 Å². The van der Waals surface area contributed by atoms with Crippen LogP contribution in [0.25, 0.3) is 11.0 Å². The number of aromatic nitrogens is 3. The zero-order chi connectivity index (χ0) is 16.1. The lowest BCUT2D eigenvalue weighted by atomic mass is 9.87. The highest BCUT2D eigenvalue weighted by Crippen LogP contribution is 2.37. The van der Waals surface area contributed by atoms with Crippen LogP contribution in [0.2, 0.25) is 0 Å². The molecule has 3 heterocycles. The van der Waals surface area contributed by atoms with Crippen molar-refractivity contribution in [3.8, 4) is 0 Å². The number of nitrogens with zero attached hydrogens (tertiary/aromatic N) is 3. The molecule has 0 bridgehead atoms. The molecular weight excluding hydrogens is 284 g/mol. The standard InChI is InChI=1S/C15H22N4O3/c1-15(2,3)6-9-10(20)11(21)14(22-9)19-5-4-8-12(16)17-7-18-13(8)19/h4-5,7,9-11,14,20-21H,6H2,1-3H3,(H2,16,17,18)/t9-,10-,11-,14-/m1/s1. The molecule has 7 nitrogen and oxygen atoms in total. The Balaban J connectivity index is 1.93. The van der Waals surface area contributed by atoms with Crippen molar-refractivity contribution in [3.63, 3.8) is 0 Å². The van der Waals surface area contributed by atoms with Gasteiger partial charge in [-0.05, 0) is 17.9 Å². The fourth-order valence-electron chi connectivity index (χ4n) is 2.93. The number of hydrogen-bond donors (Lipinski definition) is 3. The summed E-state index contributed by atoms with van der Waals surface area (Å²) in [5.74, 6) is 0.378. The second-order valence-electron chi connectivity index (χ2n) is 7.03. The summed E-state index contributed by atoms with van der Waals surface area (Å²) in [5, 5.41) is 21.3. The minimum Gasteiger partial charge on any atom is -0.388 e. The Morgan fingerprint density at radius 3 is 2.68 bits per heavy atom. The van der Waals surface area contributed by atoms with E-state index in [1.54, 1.807) is 16.8 Å². The Kier molecular flexibility index (Phi) is 3.58. The van der Waals surface area contributed by atoms with Gasteiger partial charge in [0.15, 0.2) is 6.23 Å². The largest absolute Gasteiger partial charge is 0.388 e. The number of nitrogen functional groups attached to an aromatic ring is 1. The van der Waals surface area contributed by atoms with Crippen LogP contribution < -0.4 is 5.73 Å². The Bertz CT molecular complexity index is 679. The molecule has 1 aliphatic rings. The van der Waals surface area contributed by atoms with E-state index in [0.717, 1.165) is 0 Å². The van der Waals surface area contributed by atoms with Gasteiger partial charge in [0, 0.05) is 6.20 Å². The highest BCUT2D eigenvalue weighted by molar-refractivity contribution is 5.86. The Morgan fingerprint density at radius 1 is 1.27 bits per heavy atom. The quantitative estimate of drug-likeness (QED) is 0.766. The Morgan fingerprint density at radius 2 is 2.00 bits per heavy atom. The third-order valence-corrected chi connectivity index (χ3v) is 3.96. The summed E-state index contributed by atoms with van der Waals surface area (Å²) in [4.78, 5) is 8.15. The zero-order valence-electron chi connectivity index (χ0n) is 13.0. The monoisotopic (exact) mass is 306 g/mol. The van der Waals surface area contributed by atoms with Gasteiger partial charge < -0.3 is 25.3 Å². The lowest BCUT2D eigenvalue weighted by Gasteiger charge is -2.24. The molecule has 1 saturated heterocycles. The molecule has 0 radical (unpaired) electrons. The topological polar surface area (TPSA) is 106 Å². The fraction of sp³-hybridized carbons (Fsp3) is 0.600. The van der Waals surface area contributed by atoms with Crippen molar-refractivity contribution in [2.24, 2.45) is 5.41 Å². The molecule has 1 aliphatic heterocycles. The molecule has 2 aromatic rings. The molecule has 2 aromatic heterocycles. The van der Waals surface area contributed by atoms with E-state index in [1.165, 1.54) is 6.33 Å². The van der Waals surface area contributed by atoms with Crippen molar-refractivity contribution in [1.29, 1.82) is 0 Å². The SMILES string of the molecule is CC(C)(C)C[C@H]1O[C@@H](n2ccc3c(N)ncnc32)[C@H](O)[C@@H]1O. The number of hydrogen-bond acceptors (Lipinski definition) is 6. The predicted octanol–water partition coefficient (Wildman–Crippen LogP) is 1.07. The Hall–Kier alpha value is -1.70. The van der Waals surface area contributed by atoms with Crippen molar-refractivity contribution < 1.29 is 14.9 Å². The van der Waals surface area contributed by atoms with Crippen molar-refractivity contribution in [2.45, 2.75) is 51.7 Å². The first-order valence-electron chi connectivity index (χ1n) is 7.36. The van der Waals surface area contributed by atoms with Crippen LogP contribution in [0.3, 0.4) is 0 Å². The molecule has 0 unspecified atom stereocenters. The average molecular weight is 306 g/mol. The fourth-order valence-corrected chi connectivity index (χ4v) is 2.93. The van der Waals surface area contributed by atoms with Crippen LogP contribution in [0.5, 0.6) is 0 Å². The molecule has 0 aliphatic carbocycles. The maximum absolute atomic E-state index is 10.4. The number of rotatable bonds is 2. The van der Waals surface area contributed by atoms with E-state index in [9.17, 15) is 10.2 Å². The van der Waals surface area contributed by atoms with Crippen LogP contribution in [0, 0.1) is 5.41 Å². The van der Waals surface area contributed by atoms with Crippen molar-refractivity contribution in [3.05, 3.63) is 18.6 Å². The third-order valence-electron chi connectivity index (χ3n) is 3.96. The highest BCUT2D eigenvalue weighted by Gasteiger charge is 2.45. The van der Waals surface area contributed by atoms with Gasteiger partial charge in [0.05, 0.1) is 11.5 Å². The molecule has 0 aromatic carbocycles. The molecule has 7 heteroatoms. The second kappa shape index (κ2) is 5.19. The molecular formula is C15H22N4O3. The van der Waals surface area contributed by atoms with Crippen LogP contribution in [0.1, 0.15) is 33.4 Å². The van der Waals surface area contributed by atoms with Crippen molar-refractivity contribution >= 4 is 16.9 Å². The van der Waals surface area contributed by atoms with Gasteiger partial charge in [-0.2, -0.15) is 0 Å². The lowest BCUT2D eigenvalue weighted by Crippen LogP contribution is -2.33. The molecule has 0 spiro atoms. The summed E-state index contributed by atoms with van der Waals surface area (Å²) in [6, 6.07) is 1.78. The van der Waals surface area contributed by atoms with Gasteiger partial charge in [0.1, 0.15) is 30.0 Å². The van der Waals surface area contributed by atoms with Gasteiger partial charge in [-0.3, -0.25) is 0 Å². The number of ether oxygens (including phenoxy) is 1.